The van der Waals surface area contributed by atoms with Crippen molar-refractivity contribution in [2.24, 2.45) is 10.4 Å². The fourth-order valence-electron chi connectivity index (χ4n) is 2.39. The van der Waals surface area contributed by atoms with Crippen molar-refractivity contribution in [2.45, 2.75) is 32.4 Å². The van der Waals surface area contributed by atoms with Crippen molar-refractivity contribution in [1.82, 2.24) is 10.2 Å². The lowest BCUT2D eigenvalue weighted by Gasteiger charge is -2.38. The van der Waals surface area contributed by atoms with Crippen LogP contribution in [0.5, 0.6) is 0 Å². The molecule has 0 aromatic rings. The van der Waals surface area contributed by atoms with Gasteiger partial charge >= 0.3 is 0 Å². The molecule has 2 aliphatic heterocycles. The molecule has 0 aromatic heterocycles. The average molecular weight is 285 g/mol. The zero-order chi connectivity index (χ0) is 13.7. The van der Waals surface area contributed by atoms with Crippen LogP contribution in [0.15, 0.2) is 4.99 Å². The maximum absolute atomic E-state index is 5.30. The first-order valence-corrected chi connectivity index (χ1v) is 8.44. The fraction of sp³-hybridized carbons (Fsp3) is 0.929. The summed E-state index contributed by atoms with van der Waals surface area (Å²) in [6.45, 7) is 12.4. The fourth-order valence-corrected chi connectivity index (χ4v) is 3.57. The SMILES string of the molecule is CCNC(=NCC1(C)COC1)N1CCSC(CC)C1. The van der Waals surface area contributed by atoms with Crippen LogP contribution in [0.25, 0.3) is 0 Å². The number of guanidine groups is 1. The first-order chi connectivity index (χ1) is 9.17. The van der Waals surface area contributed by atoms with Crippen LogP contribution in [0.3, 0.4) is 0 Å². The third-order valence-electron chi connectivity index (χ3n) is 3.74. The van der Waals surface area contributed by atoms with Crippen molar-refractivity contribution in [3.63, 3.8) is 0 Å². The minimum Gasteiger partial charge on any atom is -0.380 e. The molecule has 2 aliphatic rings. The van der Waals surface area contributed by atoms with E-state index in [2.05, 4.69) is 42.7 Å². The largest absolute Gasteiger partial charge is 0.380 e. The van der Waals surface area contributed by atoms with Crippen LogP contribution in [0, 0.1) is 5.41 Å². The number of ether oxygens (including phenoxy) is 1. The van der Waals surface area contributed by atoms with Crippen molar-refractivity contribution in [2.75, 3.05) is 45.1 Å². The summed E-state index contributed by atoms with van der Waals surface area (Å²) in [6, 6.07) is 0. The molecule has 2 saturated heterocycles. The number of hydrogen-bond acceptors (Lipinski definition) is 3. The van der Waals surface area contributed by atoms with E-state index in [9.17, 15) is 0 Å². The number of thioether (sulfide) groups is 1. The third-order valence-corrected chi connectivity index (χ3v) is 5.11. The van der Waals surface area contributed by atoms with Crippen molar-refractivity contribution < 1.29 is 4.74 Å². The molecule has 0 radical (unpaired) electrons. The Morgan fingerprint density at radius 1 is 1.47 bits per heavy atom. The van der Waals surface area contributed by atoms with Gasteiger partial charge in [-0.2, -0.15) is 11.8 Å². The minimum absolute atomic E-state index is 0.259. The van der Waals surface area contributed by atoms with Crippen LogP contribution in [0.1, 0.15) is 27.2 Å². The van der Waals surface area contributed by atoms with Crippen LogP contribution in [-0.2, 0) is 4.74 Å². The van der Waals surface area contributed by atoms with Gasteiger partial charge in [0, 0.05) is 36.1 Å². The molecule has 1 unspecified atom stereocenters. The molecule has 0 aliphatic carbocycles. The summed E-state index contributed by atoms with van der Waals surface area (Å²) < 4.78 is 5.30. The molecule has 0 bridgehead atoms. The predicted molar refractivity (Wildman–Crippen MR) is 83.0 cm³/mol. The maximum Gasteiger partial charge on any atom is 0.194 e. The van der Waals surface area contributed by atoms with Gasteiger partial charge in [-0.15, -0.1) is 0 Å². The minimum atomic E-state index is 0.259. The summed E-state index contributed by atoms with van der Waals surface area (Å²) in [6.07, 6.45) is 1.24. The number of nitrogens with zero attached hydrogens (tertiary/aromatic N) is 2. The van der Waals surface area contributed by atoms with Gasteiger partial charge in [0.1, 0.15) is 0 Å². The van der Waals surface area contributed by atoms with E-state index < -0.39 is 0 Å². The summed E-state index contributed by atoms with van der Waals surface area (Å²) in [5, 5.41) is 4.19. The first kappa shape index (κ1) is 15.0. The van der Waals surface area contributed by atoms with Crippen molar-refractivity contribution in [3.05, 3.63) is 0 Å². The number of aliphatic imine (C=N–C) groups is 1. The van der Waals surface area contributed by atoms with Crippen LogP contribution < -0.4 is 5.32 Å². The number of rotatable bonds is 4. The molecule has 1 N–H and O–H groups in total. The molecule has 110 valence electrons. The van der Waals surface area contributed by atoms with E-state index in [1.807, 2.05) is 0 Å². The van der Waals surface area contributed by atoms with Crippen LogP contribution in [0.2, 0.25) is 0 Å². The van der Waals surface area contributed by atoms with E-state index in [-0.39, 0.29) is 5.41 Å². The van der Waals surface area contributed by atoms with Gasteiger partial charge in [-0.3, -0.25) is 4.99 Å². The molecule has 0 amide bonds. The molecule has 4 nitrogen and oxygen atoms in total. The molecule has 5 heteroatoms. The molecule has 19 heavy (non-hydrogen) atoms. The van der Waals surface area contributed by atoms with Gasteiger partial charge in [-0.25, -0.2) is 0 Å². The van der Waals surface area contributed by atoms with Gasteiger partial charge in [0.2, 0.25) is 0 Å². The van der Waals surface area contributed by atoms with E-state index in [0.29, 0.717) is 0 Å². The maximum atomic E-state index is 5.30. The van der Waals surface area contributed by atoms with Gasteiger partial charge in [-0.1, -0.05) is 13.8 Å². The van der Waals surface area contributed by atoms with Gasteiger partial charge < -0.3 is 15.0 Å². The third kappa shape index (κ3) is 4.02. The molecule has 2 fully saturated rings. The Morgan fingerprint density at radius 3 is 2.84 bits per heavy atom. The molecular formula is C14H27N3OS. The topological polar surface area (TPSA) is 36.9 Å². The molecular weight excluding hydrogens is 258 g/mol. The van der Waals surface area contributed by atoms with Gasteiger partial charge in [0.25, 0.3) is 0 Å². The second kappa shape index (κ2) is 6.84. The van der Waals surface area contributed by atoms with Crippen LogP contribution in [0.4, 0.5) is 0 Å². The highest BCUT2D eigenvalue weighted by atomic mass is 32.2. The molecule has 1 atom stereocenters. The second-order valence-electron chi connectivity index (χ2n) is 5.82. The van der Waals surface area contributed by atoms with Gasteiger partial charge in [0.15, 0.2) is 5.96 Å². The van der Waals surface area contributed by atoms with Crippen molar-refractivity contribution in [3.8, 4) is 0 Å². The van der Waals surface area contributed by atoms with Crippen molar-refractivity contribution >= 4 is 17.7 Å². The first-order valence-electron chi connectivity index (χ1n) is 7.39. The average Bonchev–Trinajstić information content (AvgIpc) is 2.41. The molecule has 2 heterocycles. The van der Waals surface area contributed by atoms with E-state index in [1.165, 1.54) is 12.2 Å². The summed E-state index contributed by atoms with van der Waals surface area (Å²) in [5.41, 5.74) is 0.259. The Morgan fingerprint density at radius 2 is 2.26 bits per heavy atom. The highest BCUT2D eigenvalue weighted by molar-refractivity contribution is 8.00. The van der Waals surface area contributed by atoms with E-state index >= 15 is 0 Å². The quantitative estimate of drug-likeness (QED) is 0.631. The lowest BCUT2D eigenvalue weighted by Crippen LogP contribution is -2.49. The summed E-state index contributed by atoms with van der Waals surface area (Å²) in [7, 11) is 0. The van der Waals surface area contributed by atoms with Crippen LogP contribution >= 0.6 is 11.8 Å². The van der Waals surface area contributed by atoms with E-state index in [4.69, 9.17) is 9.73 Å². The smallest absolute Gasteiger partial charge is 0.194 e. The predicted octanol–water partition coefficient (Wildman–Crippen LogP) is 1.82. The zero-order valence-corrected chi connectivity index (χ0v) is 13.3. The zero-order valence-electron chi connectivity index (χ0n) is 12.4. The highest BCUT2D eigenvalue weighted by Gasteiger charge is 2.33. The Bertz CT molecular complexity index is 318. The second-order valence-corrected chi connectivity index (χ2v) is 7.23. The van der Waals surface area contributed by atoms with E-state index in [0.717, 1.165) is 50.6 Å². The molecule has 2 rings (SSSR count). The monoisotopic (exact) mass is 285 g/mol. The normalized spacial score (nSPS) is 27.0. The standard InChI is InChI=1S/C14H27N3OS/c1-4-12-8-17(6-7-19-12)13(15-5-2)16-9-14(3)10-18-11-14/h12H,4-11H2,1-3H3,(H,15,16). The Hall–Kier alpha value is -0.420. The molecule has 0 saturated carbocycles. The van der Waals surface area contributed by atoms with Gasteiger partial charge in [0.05, 0.1) is 19.8 Å². The van der Waals surface area contributed by atoms with Crippen LogP contribution in [-0.4, -0.2) is 61.3 Å². The Kier molecular flexibility index (Phi) is 5.39. The molecule has 0 aromatic carbocycles. The number of hydrogen-bond donors (Lipinski definition) is 1. The van der Waals surface area contributed by atoms with Crippen molar-refractivity contribution in [1.29, 1.82) is 0 Å². The summed E-state index contributed by atoms with van der Waals surface area (Å²) in [5.74, 6) is 2.30. The summed E-state index contributed by atoms with van der Waals surface area (Å²) >= 11 is 2.10. The lowest BCUT2D eigenvalue weighted by atomic mass is 9.89. The Balaban J connectivity index is 1.95. The molecule has 0 spiro atoms. The Labute approximate surface area is 121 Å². The summed E-state index contributed by atoms with van der Waals surface area (Å²) in [4.78, 5) is 7.27. The number of nitrogens with one attached hydrogen (secondary N) is 1. The lowest BCUT2D eigenvalue weighted by molar-refractivity contribution is -0.0946. The van der Waals surface area contributed by atoms with E-state index in [1.54, 1.807) is 0 Å². The van der Waals surface area contributed by atoms with Gasteiger partial charge in [-0.05, 0) is 13.3 Å². The highest BCUT2D eigenvalue weighted by Crippen LogP contribution is 2.27.